The standard InChI is InChI=1S/C15H18N4O3/c1-4-22-14-12(16)13(17-9-18-14)19(2)11-8-6-5-7-10(11)15(20)21-3/h5-9H,4,16H2,1-3H3. The van der Waals surface area contributed by atoms with E-state index < -0.39 is 5.97 Å². The molecule has 1 aromatic heterocycles. The van der Waals surface area contributed by atoms with E-state index in [-0.39, 0.29) is 0 Å². The SMILES string of the molecule is CCOc1ncnc(N(C)c2ccccc2C(=O)OC)c1N. The number of rotatable bonds is 5. The number of para-hydroxylation sites is 1. The summed E-state index contributed by atoms with van der Waals surface area (Å²) in [6.45, 7) is 2.29. The molecule has 0 atom stereocenters. The van der Waals surface area contributed by atoms with E-state index in [0.29, 0.717) is 35.2 Å². The third-order valence-electron chi connectivity index (χ3n) is 3.10. The fourth-order valence-electron chi connectivity index (χ4n) is 2.05. The number of hydrogen-bond acceptors (Lipinski definition) is 7. The van der Waals surface area contributed by atoms with Crippen LogP contribution in [0.1, 0.15) is 17.3 Å². The Labute approximate surface area is 128 Å². The molecule has 0 fully saturated rings. The van der Waals surface area contributed by atoms with Gasteiger partial charge in [-0.05, 0) is 19.1 Å². The molecule has 22 heavy (non-hydrogen) atoms. The van der Waals surface area contributed by atoms with Gasteiger partial charge in [-0.15, -0.1) is 0 Å². The first kappa shape index (κ1) is 15.6. The van der Waals surface area contributed by atoms with E-state index in [4.69, 9.17) is 15.2 Å². The number of anilines is 3. The van der Waals surface area contributed by atoms with Gasteiger partial charge in [0.15, 0.2) is 5.82 Å². The molecule has 7 heteroatoms. The van der Waals surface area contributed by atoms with Crippen molar-refractivity contribution in [2.45, 2.75) is 6.92 Å². The van der Waals surface area contributed by atoms with Crippen LogP contribution in [0.3, 0.4) is 0 Å². The largest absolute Gasteiger partial charge is 0.476 e. The van der Waals surface area contributed by atoms with Crippen LogP contribution in [-0.2, 0) is 4.74 Å². The van der Waals surface area contributed by atoms with Gasteiger partial charge in [0.25, 0.3) is 0 Å². The molecule has 0 radical (unpaired) electrons. The highest BCUT2D eigenvalue weighted by Gasteiger charge is 2.19. The number of carbonyl (C=O) groups excluding carboxylic acids is 1. The molecule has 0 aliphatic heterocycles. The van der Waals surface area contributed by atoms with Crippen LogP contribution >= 0.6 is 0 Å². The van der Waals surface area contributed by atoms with Crippen LogP contribution in [-0.4, -0.2) is 36.7 Å². The molecule has 2 aromatic rings. The van der Waals surface area contributed by atoms with Gasteiger partial charge in [0.2, 0.25) is 5.88 Å². The van der Waals surface area contributed by atoms with Gasteiger partial charge in [-0.3, -0.25) is 0 Å². The number of esters is 1. The molecule has 2 rings (SSSR count). The summed E-state index contributed by atoms with van der Waals surface area (Å²) in [6, 6.07) is 7.05. The van der Waals surface area contributed by atoms with Crippen molar-refractivity contribution in [3.05, 3.63) is 36.2 Å². The summed E-state index contributed by atoms with van der Waals surface area (Å²) in [5.74, 6) is 0.338. The Morgan fingerprint density at radius 1 is 1.32 bits per heavy atom. The summed E-state index contributed by atoms with van der Waals surface area (Å²) in [4.78, 5) is 21.8. The number of ether oxygens (including phenoxy) is 2. The van der Waals surface area contributed by atoms with Gasteiger partial charge in [0, 0.05) is 7.05 Å². The first-order chi connectivity index (χ1) is 10.6. The maximum atomic E-state index is 11.9. The van der Waals surface area contributed by atoms with Crippen molar-refractivity contribution in [1.82, 2.24) is 9.97 Å². The molecular weight excluding hydrogens is 284 g/mol. The van der Waals surface area contributed by atoms with Crippen molar-refractivity contribution >= 4 is 23.2 Å². The number of nitrogens with two attached hydrogens (primary N) is 1. The number of carbonyl (C=O) groups is 1. The van der Waals surface area contributed by atoms with Crippen LogP contribution in [0.15, 0.2) is 30.6 Å². The van der Waals surface area contributed by atoms with Crippen LogP contribution in [0.5, 0.6) is 5.88 Å². The number of nitrogens with zero attached hydrogens (tertiary/aromatic N) is 3. The predicted molar refractivity (Wildman–Crippen MR) is 83.5 cm³/mol. The molecule has 2 N–H and O–H groups in total. The highest BCUT2D eigenvalue weighted by molar-refractivity contribution is 5.97. The second-order valence-corrected chi connectivity index (χ2v) is 4.42. The third kappa shape index (κ3) is 2.93. The quantitative estimate of drug-likeness (QED) is 0.845. The lowest BCUT2D eigenvalue weighted by molar-refractivity contribution is 0.0601. The van der Waals surface area contributed by atoms with E-state index in [9.17, 15) is 4.79 Å². The summed E-state index contributed by atoms with van der Waals surface area (Å²) in [6.07, 6.45) is 1.37. The zero-order chi connectivity index (χ0) is 16.1. The first-order valence-corrected chi connectivity index (χ1v) is 6.74. The molecule has 116 valence electrons. The molecule has 1 aromatic carbocycles. The maximum Gasteiger partial charge on any atom is 0.339 e. The first-order valence-electron chi connectivity index (χ1n) is 6.74. The Bertz CT molecular complexity index is 676. The van der Waals surface area contributed by atoms with Crippen LogP contribution in [0.2, 0.25) is 0 Å². The molecule has 0 aliphatic carbocycles. The molecule has 0 bridgehead atoms. The predicted octanol–water partition coefficient (Wildman–Crippen LogP) is 2.01. The minimum Gasteiger partial charge on any atom is -0.476 e. The summed E-state index contributed by atoms with van der Waals surface area (Å²) in [7, 11) is 3.10. The van der Waals surface area contributed by atoms with Gasteiger partial charge < -0.3 is 20.1 Å². The number of hydrogen-bond donors (Lipinski definition) is 1. The summed E-state index contributed by atoms with van der Waals surface area (Å²) >= 11 is 0. The number of methoxy groups -OCH3 is 1. The smallest absolute Gasteiger partial charge is 0.339 e. The summed E-state index contributed by atoms with van der Waals surface area (Å²) in [5.41, 5.74) is 7.42. The van der Waals surface area contributed by atoms with Gasteiger partial charge in [-0.25, -0.2) is 9.78 Å². The average Bonchev–Trinajstić information content (AvgIpc) is 2.55. The van der Waals surface area contributed by atoms with Crippen LogP contribution in [0.4, 0.5) is 17.2 Å². The minimum absolute atomic E-state index is 0.312. The van der Waals surface area contributed by atoms with Gasteiger partial charge in [0.05, 0.1) is 25.0 Å². The lowest BCUT2D eigenvalue weighted by Crippen LogP contribution is -2.18. The van der Waals surface area contributed by atoms with Crippen LogP contribution < -0.4 is 15.4 Å². The molecule has 7 nitrogen and oxygen atoms in total. The van der Waals surface area contributed by atoms with Crippen molar-refractivity contribution in [2.75, 3.05) is 31.4 Å². The lowest BCUT2D eigenvalue weighted by Gasteiger charge is -2.22. The highest BCUT2D eigenvalue weighted by atomic mass is 16.5. The third-order valence-corrected chi connectivity index (χ3v) is 3.10. The van der Waals surface area contributed by atoms with Gasteiger partial charge in [0.1, 0.15) is 12.0 Å². The van der Waals surface area contributed by atoms with E-state index in [1.165, 1.54) is 13.4 Å². The maximum absolute atomic E-state index is 11.9. The van der Waals surface area contributed by atoms with E-state index in [2.05, 4.69) is 9.97 Å². The second kappa shape index (κ2) is 6.75. The minimum atomic E-state index is -0.430. The highest BCUT2D eigenvalue weighted by Crippen LogP contribution is 2.33. The molecular formula is C15H18N4O3. The van der Waals surface area contributed by atoms with Crippen LogP contribution in [0.25, 0.3) is 0 Å². The van der Waals surface area contributed by atoms with Crippen LogP contribution in [0, 0.1) is 0 Å². The normalized spacial score (nSPS) is 10.1. The Balaban J connectivity index is 2.47. The zero-order valence-corrected chi connectivity index (χ0v) is 12.7. The molecule has 0 saturated carbocycles. The van der Waals surface area contributed by atoms with Crippen molar-refractivity contribution in [3.8, 4) is 5.88 Å². The van der Waals surface area contributed by atoms with Crippen molar-refractivity contribution in [2.24, 2.45) is 0 Å². The number of nitrogen functional groups attached to an aromatic ring is 1. The number of benzene rings is 1. The fourth-order valence-corrected chi connectivity index (χ4v) is 2.05. The van der Waals surface area contributed by atoms with E-state index in [1.54, 1.807) is 30.1 Å². The number of aromatic nitrogens is 2. The Morgan fingerprint density at radius 2 is 2.05 bits per heavy atom. The topological polar surface area (TPSA) is 90.6 Å². The molecule has 0 spiro atoms. The summed E-state index contributed by atoms with van der Waals surface area (Å²) < 4.78 is 10.2. The molecule has 0 unspecified atom stereocenters. The van der Waals surface area contributed by atoms with E-state index in [0.717, 1.165) is 0 Å². The summed E-state index contributed by atoms with van der Waals surface area (Å²) in [5, 5.41) is 0. The Morgan fingerprint density at radius 3 is 2.73 bits per heavy atom. The Hall–Kier alpha value is -2.83. The molecule has 0 amide bonds. The molecule has 0 saturated heterocycles. The van der Waals surface area contributed by atoms with Crippen molar-refractivity contribution < 1.29 is 14.3 Å². The van der Waals surface area contributed by atoms with Gasteiger partial charge in [-0.2, -0.15) is 4.98 Å². The van der Waals surface area contributed by atoms with E-state index in [1.807, 2.05) is 13.0 Å². The Kier molecular flexibility index (Phi) is 4.77. The van der Waals surface area contributed by atoms with Gasteiger partial charge in [-0.1, -0.05) is 12.1 Å². The lowest BCUT2D eigenvalue weighted by atomic mass is 10.1. The molecule has 1 heterocycles. The average molecular weight is 302 g/mol. The zero-order valence-electron chi connectivity index (χ0n) is 12.7. The fraction of sp³-hybridized carbons (Fsp3) is 0.267. The van der Waals surface area contributed by atoms with Gasteiger partial charge >= 0.3 is 5.97 Å². The molecule has 0 aliphatic rings. The van der Waals surface area contributed by atoms with E-state index >= 15 is 0 Å². The second-order valence-electron chi connectivity index (χ2n) is 4.42. The van der Waals surface area contributed by atoms with Crippen molar-refractivity contribution in [3.63, 3.8) is 0 Å². The van der Waals surface area contributed by atoms with Crippen molar-refractivity contribution in [1.29, 1.82) is 0 Å². The monoisotopic (exact) mass is 302 g/mol.